The minimum Gasteiger partial charge on any atom is -0.480 e. The Morgan fingerprint density at radius 1 is 1.62 bits per heavy atom. The largest absolute Gasteiger partial charge is 0.480 e. The zero-order valence-electron chi connectivity index (χ0n) is 8.80. The minimum atomic E-state index is -0.997. The molecule has 1 unspecified atom stereocenters. The standard InChI is InChI=1S/C10H13N3O3/c1-2-7(10(15)16)13-9-6(8(11)14)4-3-5-12-9/h3-5,7H,2H2,1H3,(H2,11,14)(H,12,13)(H,15,16). The lowest BCUT2D eigenvalue weighted by molar-refractivity contribution is -0.137. The highest BCUT2D eigenvalue weighted by Gasteiger charge is 2.18. The highest BCUT2D eigenvalue weighted by atomic mass is 16.4. The van der Waals surface area contributed by atoms with Crippen LogP contribution in [-0.2, 0) is 4.79 Å². The SMILES string of the molecule is CCC(Nc1ncccc1C(N)=O)C(=O)O. The van der Waals surface area contributed by atoms with Gasteiger partial charge in [0, 0.05) is 6.20 Å². The molecule has 16 heavy (non-hydrogen) atoms. The molecule has 0 radical (unpaired) electrons. The predicted octanol–water partition coefficient (Wildman–Crippen LogP) is 0.456. The first-order valence-corrected chi connectivity index (χ1v) is 4.80. The van der Waals surface area contributed by atoms with Crippen LogP contribution in [0.4, 0.5) is 5.82 Å². The normalized spacial score (nSPS) is 11.8. The van der Waals surface area contributed by atoms with Crippen LogP contribution in [0.1, 0.15) is 23.7 Å². The molecule has 6 heteroatoms. The first kappa shape index (κ1) is 12.0. The average molecular weight is 223 g/mol. The molecule has 0 aliphatic rings. The van der Waals surface area contributed by atoms with Gasteiger partial charge in [0.05, 0.1) is 5.56 Å². The molecule has 0 aromatic carbocycles. The summed E-state index contributed by atoms with van der Waals surface area (Å²) < 4.78 is 0. The smallest absolute Gasteiger partial charge is 0.326 e. The summed E-state index contributed by atoms with van der Waals surface area (Å²) in [4.78, 5) is 25.8. The van der Waals surface area contributed by atoms with Crippen molar-refractivity contribution in [2.75, 3.05) is 5.32 Å². The number of carboxylic acid groups (broad SMARTS) is 1. The maximum absolute atomic E-state index is 11.1. The average Bonchev–Trinajstić information content (AvgIpc) is 2.25. The molecule has 0 fully saturated rings. The second-order valence-corrected chi connectivity index (χ2v) is 3.21. The zero-order chi connectivity index (χ0) is 12.1. The Morgan fingerprint density at radius 3 is 2.81 bits per heavy atom. The topological polar surface area (TPSA) is 105 Å². The number of aliphatic carboxylic acids is 1. The van der Waals surface area contributed by atoms with Crippen molar-refractivity contribution in [3.63, 3.8) is 0 Å². The van der Waals surface area contributed by atoms with E-state index in [1.54, 1.807) is 13.0 Å². The Kier molecular flexibility index (Phi) is 3.82. The van der Waals surface area contributed by atoms with Gasteiger partial charge in [-0.15, -0.1) is 0 Å². The van der Waals surface area contributed by atoms with E-state index in [9.17, 15) is 9.59 Å². The highest BCUT2D eigenvalue weighted by molar-refractivity contribution is 5.98. The van der Waals surface area contributed by atoms with Crippen LogP contribution in [-0.4, -0.2) is 28.0 Å². The molecular formula is C10H13N3O3. The number of nitrogens with zero attached hydrogens (tertiary/aromatic N) is 1. The van der Waals surface area contributed by atoms with Gasteiger partial charge in [0.25, 0.3) is 5.91 Å². The molecule has 1 amide bonds. The van der Waals surface area contributed by atoms with Gasteiger partial charge in [-0.1, -0.05) is 6.92 Å². The molecule has 0 bridgehead atoms. The summed E-state index contributed by atoms with van der Waals surface area (Å²) in [6, 6.07) is 2.27. The Balaban J connectivity index is 2.95. The Morgan fingerprint density at radius 2 is 2.31 bits per heavy atom. The minimum absolute atomic E-state index is 0.183. The van der Waals surface area contributed by atoms with E-state index in [1.165, 1.54) is 12.3 Å². The molecular weight excluding hydrogens is 210 g/mol. The van der Waals surface area contributed by atoms with Gasteiger partial charge in [-0.25, -0.2) is 9.78 Å². The summed E-state index contributed by atoms with van der Waals surface area (Å²) in [7, 11) is 0. The van der Waals surface area contributed by atoms with E-state index in [0.717, 1.165) is 0 Å². The van der Waals surface area contributed by atoms with Crippen LogP contribution >= 0.6 is 0 Å². The fraction of sp³-hybridized carbons (Fsp3) is 0.300. The second kappa shape index (κ2) is 5.11. The first-order chi connectivity index (χ1) is 7.56. The number of nitrogens with one attached hydrogen (secondary N) is 1. The first-order valence-electron chi connectivity index (χ1n) is 4.80. The number of aromatic nitrogens is 1. The van der Waals surface area contributed by atoms with E-state index < -0.39 is 17.9 Å². The monoisotopic (exact) mass is 223 g/mol. The number of nitrogens with two attached hydrogens (primary N) is 1. The third-order valence-corrected chi connectivity index (χ3v) is 2.09. The van der Waals surface area contributed by atoms with E-state index in [4.69, 9.17) is 10.8 Å². The summed E-state index contributed by atoms with van der Waals surface area (Å²) in [6.45, 7) is 1.72. The molecule has 4 N–H and O–H groups in total. The Hall–Kier alpha value is -2.11. The maximum atomic E-state index is 11.1. The number of primary amides is 1. The van der Waals surface area contributed by atoms with Crippen LogP contribution in [0.2, 0.25) is 0 Å². The number of amides is 1. The molecule has 0 spiro atoms. The lowest BCUT2D eigenvalue weighted by Gasteiger charge is -2.14. The molecule has 1 heterocycles. The predicted molar refractivity (Wildman–Crippen MR) is 58.1 cm³/mol. The lowest BCUT2D eigenvalue weighted by Crippen LogP contribution is -2.30. The van der Waals surface area contributed by atoms with E-state index in [1.807, 2.05) is 0 Å². The van der Waals surface area contributed by atoms with Crippen LogP contribution in [0.5, 0.6) is 0 Å². The lowest BCUT2D eigenvalue weighted by atomic mass is 10.2. The fourth-order valence-electron chi connectivity index (χ4n) is 1.22. The maximum Gasteiger partial charge on any atom is 0.326 e. The molecule has 0 saturated heterocycles. The third-order valence-electron chi connectivity index (χ3n) is 2.09. The van der Waals surface area contributed by atoms with Gasteiger partial charge < -0.3 is 16.2 Å². The molecule has 86 valence electrons. The molecule has 0 saturated carbocycles. The molecule has 6 nitrogen and oxygen atoms in total. The van der Waals surface area contributed by atoms with E-state index in [0.29, 0.717) is 6.42 Å². The number of carbonyl (C=O) groups excluding carboxylic acids is 1. The molecule has 1 aromatic rings. The van der Waals surface area contributed by atoms with Crippen molar-refractivity contribution in [1.29, 1.82) is 0 Å². The molecule has 0 aliphatic carbocycles. The highest BCUT2D eigenvalue weighted by Crippen LogP contribution is 2.12. The van der Waals surface area contributed by atoms with Crippen molar-refractivity contribution in [1.82, 2.24) is 4.98 Å². The van der Waals surface area contributed by atoms with Gasteiger partial charge in [0.2, 0.25) is 0 Å². The fourth-order valence-corrected chi connectivity index (χ4v) is 1.22. The number of rotatable bonds is 5. The Labute approximate surface area is 92.5 Å². The van der Waals surface area contributed by atoms with Crippen LogP contribution in [0.25, 0.3) is 0 Å². The van der Waals surface area contributed by atoms with Gasteiger partial charge in [0.1, 0.15) is 11.9 Å². The van der Waals surface area contributed by atoms with E-state index in [-0.39, 0.29) is 11.4 Å². The van der Waals surface area contributed by atoms with Crippen molar-refractivity contribution >= 4 is 17.7 Å². The van der Waals surface area contributed by atoms with Crippen LogP contribution < -0.4 is 11.1 Å². The summed E-state index contributed by atoms with van der Waals surface area (Å²) >= 11 is 0. The van der Waals surface area contributed by atoms with E-state index >= 15 is 0 Å². The Bertz CT molecular complexity index is 406. The zero-order valence-corrected chi connectivity index (χ0v) is 8.80. The van der Waals surface area contributed by atoms with Crippen LogP contribution in [0.15, 0.2) is 18.3 Å². The molecule has 1 atom stereocenters. The number of carbonyl (C=O) groups is 2. The summed E-state index contributed by atoms with van der Waals surface area (Å²) in [5.41, 5.74) is 5.32. The molecule has 1 aromatic heterocycles. The molecule has 1 rings (SSSR count). The summed E-state index contributed by atoms with van der Waals surface area (Å²) in [6.07, 6.45) is 1.84. The van der Waals surface area contributed by atoms with Gasteiger partial charge in [-0.05, 0) is 18.6 Å². The van der Waals surface area contributed by atoms with Gasteiger partial charge in [-0.3, -0.25) is 4.79 Å². The van der Waals surface area contributed by atoms with Crippen LogP contribution in [0.3, 0.4) is 0 Å². The van der Waals surface area contributed by atoms with Crippen molar-refractivity contribution in [2.24, 2.45) is 5.73 Å². The van der Waals surface area contributed by atoms with Crippen molar-refractivity contribution in [3.05, 3.63) is 23.9 Å². The van der Waals surface area contributed by atoms with Crippen molar-refractivity contribution in [3.8, 4) is 0 Å². The van der Waals surface area contributed by atoms with Gasteiger partial charge in [-0.2, -0.15) is 0 Å². The molecule has 0 aliphatic heterocycles. The summed E-state index contributed by atoms with van der Waals surface area (Å²) in [5.74, 6) is -1.44. The quantitative estimate of drug-likeness (QED) is 0.672. The van der Waals surface area contributed by atoms with Crippen molar-refractivity contribution < 1.29 is 14.7 Å². The van der Waals surface area contributed by atoms with Gasteiger partial charge in [0.15, 0.2) is 0 Å². The summed E-state index contributed by atoms with van der Waals surface area (Å²) in [5, 5.41) is 11.5. The number of hydrogen-bond donors (Lipinski definition) is 3. The number of pyridine rings is 1. The second-order valence-electron chi connectivity index (χ2n) is 3.21. The number of carboxylic acids is 1. The number of anilines is 1. The third kappa shape index (κ3) is 2.69. The van der Waals surface area contributed by atoms with Crippen molar-refractivity contribution in [2.45, 2.75) is 19.4 Å². The number of hydrogen-bond acceptors (Lipinski definition) is 4. The van der Waals surface area contributed by atoms with Crippen LogP contribution in [0, 0.1) is 0 Å². The van der Waals surface area contributed by atoms with E-state index in [2.05, 4.69) is 10.3 Å². The van der Waals surface area contributed by atoms with Gasteiger partial charge >= 0.3 is 5.97 Å².